The first-order valence-corrected chi connectivity index (χ1v) is 8.76. The number of rotatable bonds is 5. The number of hydrogen-bond donors (Lipinski definition) is 2. The fourth-order valence-corrected chi connectivity index (χ4v) is 3.71. The zero-order valence-electron chi connectivity index (χ0n) is 13.9. The van der Waals surface area contributed by atoms with Crippen LogP contribution >= 0.6 is 11.3 Å². The van der Waals surface area contributed by atoms with Crippen LogP contribution in [0.15, 0.2) is 12.1 Å². The van der Waals surface area contributed by atoms with Crippen molar-refractivity contribution in [3.63, 3.8) is 0 Å². The van der Waals surface area contributed by atoms with E-state index in [1.54, 1.807) is 18.4 Å². The predicted octanol–water partition coefficient (Wildman–Crippen LogP) is 1.72. The number of urea groups is 1. The summed E-state index contributed by atoms with van der Waals surface area (Å²) in [7, 11) is 1.57. The Bertz CT molecular complexity index is 544. The average molecular weight is 339 g/mol. The molecule has 1 unspecified atom stereocenters. The van der Waals surface area contributed by atoms with E-state index in [4.69, 9.17) is 4.74 Å². The first kappa shape index (κ1) is 17.7. The minimum absolute atomic E-state index is 0.0250. The Hall–Kier alpha value is -1.60. The Balaban J connectivity index is 2.02. The van der Waals surface area contributed by atoms with E-state index in [-0.39, 0.29) is 18.0 Å². The topological polar surface area (TPSA) is 70.7 Å². The Morgan fingerprint density at radius 1 is 1.43 bits per heavy atom. The van der Waals surface area contributed by atoms with Crippen LogP contribution in [0.1, 0.15) is 28.4 Å². The zero-order chi connectivity index (χ0) is 16.8. The summed E-state index contributed by atoms with van der Waals surface area (Å²) in [4.78, 5) is 27.9. The smallest absolute Gasteiger partial charge is 0.314 e. The van der Waals surface area contributed by atoms with Crippen LogP contribution in [0.5, 0.6) is 0 Å². The van der Waals surface area contributed by atoms with E-state index in [0.717, 1.165) is 11.3 Å². The monoisotopic (exact) mass is 339 g/mol. The first-order valence-electron chi connectivity index (χ1n) is 7.94. The van der Waals surface area contributed by atoms with Gasteiger partial charge in [-0.15, -0.1) is 11.3 Å². The van der Waals surface area contributed by atoms with Crippen LogP contribution < -0.4 is 10.6 Å². The molecule has 1 aromatic rings. The van der Waals surface area contributed by atoms with E-state index in [1.807, 2.05) is 17.0 Å². The Kier molecular flexibility index (Phi) is 6.41. The fourth-order valence-electron chi connectivity index (χ4n) is 2.54. The normalized spacial score (nSPS) is 18.1. The minimum atomic E-state index is -0.252. The van der Waals surface area contributed by atoms with Gasteiger partial charge in [-0.25, -0.2) is 4.79 Å². The molecule has 1 atom stereocenters. The van der Waals surface area contributed by atoms with Gasteiger partial charge in [-0.1, -0.05) is 13.8 Å². The van der Waals surface area contributed by atoms with Gasteiger partial charge in [0.25, 0.3) is 5.91 Å². The van der Waals surface area contributed by atoms with Crippen LogP contribution in [-0.2, 0) is 11.2 Å². The number of nitrogens with zero attached hydrogens (tertiary/aromatic N) is 1. The van der Waals surface area contributed by atoms with E-state index in [1.165, 1.54) is 4.88 Å². The highest BCUT2D eigenvalue weighted by Gasteiger charge is 2.29. The van der Waals surface area contributed by atoms with Crippen molar-refractivity contribution < 1.29 is 14.3 Å². The number of ether oxygens (including phenoxy) is 1. The van der Waals surface area contributed by atoms with Gasteiger partial charge in [0.1, 0.15) is 0 Å². The van der Waals surface area contributed by atoms with Crippen LogP contribution in [0, 0.1) is 5.92 Å². The molecule has 2 heterocycles. The van der Waals surface area contributed by atoms with Gasteiger partial charge < -0.3 is 20.3 Å². The molecule has 1 aliphatic rings. The second kappa shape index (κ2) is 8.31. The highest BCUT2D eigenvalue weighted by Crippen LogP contribution is 2.22. The lowest BCUT2D eigenvalue weighted by Crippen LogP contribution is -2.54. The predicted molar refractivity (Wildman–Crippen MR) is 91.0 cm³/mol. The fraction of sp³-hybridized carbons (Fsp3) is 0.625. The molecular weight excluding hydrogens is 314 g/mol. The van der Waals surface area contributed by atoms with Crippen molar-refractivity contribution in [1.29, 1.82) is 0 Å². The second-order valence-corrected chi connectivity index (χ2v) is 7.22. The summed E-state index contributed by atoms with van der Waals surface area (Å²) in [6.07, 6.45) is 0.989. The third kappa shape index (κ3) is 4.94. The van der Waals surface area contributed by atoms with Gasteiger partial charge in [-0.05, 0) is 24.5 Å². The molecule has 0 saturated carbocycles. The summed E-state index contributed by atoms with van der Waals surface area (Å²) in [6.45, 7) is 6.26. The summed E-state index contributed by atoms with van der Waals surface area (Å²) in [5.74, 6) is 0.599. The third-order valence-electron chi connectivity index (χ3n) is 3.70. The maximum Gasteiger partial charge on any atom is 0.314 e. The van der Waals surface area contributed by atoms with Crippen molar-refractivity contribution in [1.82, 2.24) is 15.5 Å². The maximum absolute atomic E-state index is 12.8. The molecule has 2 N–H and O–H groups in total. The highest BCUT2D eigenvalue weighted by molar-refractivity contribution is 7.14. The van der Waals surface area contributed by atoms with Gasteiger partial charge in [0, 0.05) is 25.0 Å². The van der Waals surface area contributed by atoms with Crippen LogP contribution in [-0.4, -0.2) is 56.2 Å². The van der Waals surface area contributed by atoms with Gasteiger partial charge in [0.05, 0.1) is 24.1 Å². The number of carbonyl (C=O) groups is 2. The molecule has 6 nitrogen and oxygen atoms in total. The van der Waals surface area contributed by atoms with Crippen LogP contribution in [0.4, 0.5) is 4.79 Å². The molecule has 23 heavy (non-hydrogen) atoms. The number of thiophene rings is 1. The van der Waals surface area contributed by atoms with Gasteiger partial charge in [-0.2, -0.15) is 0 Å². The number of hydrogen-bond acceptors (Lipinski definition) is 4. The molecule has 2 rings (SSSR count). The van der Waals surface area contributed by atoms with Gasteiger partial charge in [0.15, 0.2) is 0 Å². The van der Waals surface area contributed by atoms with Crippen molar-refractivity contribution in [2.45, 2.75) is 26.3 Å². The molecule has 1 aliphatic heterocycles. The van der Waals surface area contributed by atoms with E-state index in [2.05, 4.69) is 24.5 Å². The van der Waals surface area contributed by atoms with Gasteiger partial charge in [0.2, 0.25) is 0 Å². The zero-order valence-corrected chi connectivity index (χ0v) is 14.7. The molecule has 128 valence electrons. The maximum atomic E-state index is 12.8. The molecule has 0 aliphatic carbocycles. The standard InChI is InChI=1S/C16H25N3O3S/c1-11(2)8-13-4-5-14(23-13)15(20)19-6-7-22-10-12(19)9-18-16(21)17-3/h4-5,11-12H,6-10H2,1-3H3,(H2,17,18,21). The average Bonchev–Trinajstić information content (AvgIpc) is 2.99. The quantitative estimate of drug-likeness (QED) is 0.858. The Morgan fingerprint density at radius 2 is 2.22 bits per heavy atom. The minimum Gasteiger partial charge on any atom is -0.377 e. The molecule has 1 saturated heterocycles. The van der Waals surface area contributed by atoms with E-state index < -0.39 is 0 Å². The first-order chi connectivity index (χ1) is 11.0. The molecule has 0 aromatic carbocycles. The highest BCUT2D eigenvalue weighted by atomic mass is 32.1. The van der Waals surface area contributed by atoms with E-state index in [0.29, 0.717) is 32.2 Å². The SMILES string of the molecule is CNC(=O)NCC1COCCN1C(=O)c1ccc(CC(C)C)s1. The molecule has 0 spiro atoms. The lowest BCUT2D eigenvalue weighted by Gasteiger charge is -2.35. The number of morpholine rings is 1. The van der Waals surface area contributed by atoms with Gasteiger partial charge in [-0.3, -0.25) is 4.79 Å². The van der Waals surface area contributed by atoms with E-state index >= 15 is 0 Å². The molecule has 0 bridgehead atoms. The van der Waals surface area contributed by atoms with Gasteiger partial charge >= 0.3 is 6.03 Å². The summed E-state index contributed by atoms with van der Waals surface area (Å²) < 4.78 is 5.46. The molecule has 7 heteroatoms. The Morgan fingerprint density at radius 3 is 2.91 bits per heavy atom. The van der Waals surface area contributed by atoms with Crippen molar-refractivity contribution in [3.05, 3.63) is 21.9 Å². The molecule has 0 radical (unpaired) electrons. The van der Waals surface area contributed by atoms with Crippen molar-refractivity contribution in [2.75, 3.05) is 33.4 Å². The van der Waals surface area contributed by atoms with Crippen LogP contribution in [0.25, 0.3) is 0 Å². The van der Waals surface area contributed by atoms with Crippen LogP contribution in [0.3, 0.4) is 0 Å². The van der Waals surface area contributed by atoms with E-state index in [9.17, 15) is 9.59 Å². The number of amides is 3. The van der Waals surface area contributed by atoms with Crippen molar-refractivity contribution in [2.24, 2.45) is 5.92 Å². The second-order valence-electron chi connectivity index (χ2n) is 6.05. The third-order valence-corrected chi connectivity index (χ3v) is 4.79. The Labute approximate surface area is 141 Å². The number of nitrogens with one attached hydrogen (secondary N) is 2. The summed E-state index contributed by atoms with van der Waals surface area (Å²) in [5.41, 5.74) is 0. The molecule has 1 fully saturated rings. The van der Waals surface area contributed by atoms with Crippen molar-refractivity contribution >= 4 is 23.3 Å². The summed E-state index contributed by atoms with van der Waals surface area (Å²) >= 11 is 1.56. The lowest BCUT2D eigenvalue weighted by molar-refractivity contribution is -0.000494. The van der Waals surface area contributed by atoms with Crippen LogP contribution in [0.2, 0.25) is 0 Å². The summed E-state index contributed by atoms with van der Waals surface area (Å²) in [5, 5.41) is 5.26. The largest absolute Gasteiger partial charge is 0.377 e. The lowest BCUT2D eigenvalue weighted by atomic mass is 10.1. The van der Waals surface area contributed by atoms with Crippen molar-refractivity contribution in [3.8, 4) is 0 Å². The summed E-state index contributed by atoms with van der Waals surface area (Å²) in [6, 6.07) is 3.56. The molecule has 1 aromatic heterocycles. The number of carbonyl (C=O) groups excluding carboxylic acids is 2. The molecule has 3 amide bonds. The molecular formula is C16H25N3O3S.